The second-order valence-electron chi connectivity index (χ2n) is 6.46. The third-order valence-electron chi connectivity index (χ3n) is 4.65. The lowest BCUT2D eigenvalue weighted by atomic mass is 9.83. The number of hydrogen-bond acceptors (Lipinski definition) is 3. The van der Waals surface area contributed by atoms with Gasteiger partial charge in [0.05, 0.1) is 26.6 Å². The fourth-order valence-corrected chi connectivity index (χ4v) is 3.53. The molecule has 2 aromatic rings. The molecule has 0 fully saturated rings. The van der Waals surface area contributed by atoms with Gasteiger partial charge >= 0.3 is 0 Å². The molecule has 0 amide bonds. The number of hydrogen-bond donors (Lipinski definition) is 1. The molecule has 2 atom stereocenters. The van der Waals surface area contributed by atoms with Crippen LogP contribution in [0.25, 0.3) is 0 Å². The van der Waals surface area contributed by atoms with Crippen LogP contribution in [0.2, 0.25) is 0 Å². The highest BCUT2D eigenvalue weighted by Gasteiger charge is 2.36. The Labute approximate surface area is 159 Å². The van der Waals surface area contributed by atoms with Crippen LogP contribution in [0.15, 0.2) is 42.5 Å². The Morgan fingerprint density at radius 1 is 1.29 bits per heavy atom. The molecule has 0 radical (unpaired) electrons. The third kappa shape index (κ3) is 3.50. The normalized spacial score (nSPS) is 22.0. The van der Waals surface area contributed by atoms with Crippen LogP contribution in [0.3, 0.4) is 0 Å². The summed E-state index contributed by atoms with van der Waals surface area (Å²) < 4.78 is 5.92. The zero-order chi connectivity index (χ0) is 16.4. The minimum Gasteiger partial charge on any atom is -1.00 e. The molecule has 0 aliphatic carbocycles. The summed E-state index contributed by atoms with van der Waals surface area (Å²) in [5.74, 6) is 0.819. The van der Waals surface area contributed by atoms with E-state index in [0.29, 0.717) is 16.8 Å². The Morgan fingerprint density at radius 2 is 2.00 bits per heavy atom. The molecule has 0 spiro atoms. The van der Waals surface area contributed by atoms with E-state index in [1.165, 1.54) is 5.56 Å². The van der Waals surface area contributed by atoms with Gasteiger partial charge in [-0.3, -0.25) is 0 Å². The summed E-state index contributed by atoms with van der Waals surface area (Å²) in [5.41, 5.74) is 3.47. The number of nitrogens with zero attached hydrogens (tertiary/aromatic N) is 2. The highest BCUT2D eigenvalue weighted by molar-refractivity contribution is 5.50. The predicted molar refractivity (Wildman–Crippen MR) is 88.2 cm³/mol. The van der Waals surface area contributed by atoms with Crippen molar-refractivity contribution in [2.75, 3.05) is 27.2 Å². The van der Waals surface area contributed by atoms with Gasteiger partial charge in [-0.25, -0.2) is 0 Å². The van der Waals surface area contributed by atoms with Crippen molar-refractivity contribution in [1.82, 2.24) is 0 Å². The molecule has 0 saturated carbocycles. The summed E-state index contributed by atoms with van der Waals surface area (Å²) in [6.07, 6.45) is 0. The molecule has 4 nitrogen and oxygen atoms in total. The van der Waals surface area contributed by atoms with E-state index in [2.05, 4.69) is 25.2 Å². The Kier molecular flexibility index (Phi) is 5.73. The van der Waals surface area contributed by atoms with Gasteiger partial charge in [-0.2, -0.15) is 5.26 Å². The lowest BCUT2D eigenvalue weighted by Gasteiger charge is -2.41. The van der Waals surface area contributed by atoms with Gasteiger partial charge in [-0.05, 0) is 23.3 Å². The minimum absolute atomic E-state index is 0. The van der Waals surface area contributed by atoms with Crippen LogP contribution in [0, 0.1) is 11.3 Å². The zero-order valence-electron chi connectivity index (χ0n) is 13.9. The molecule has 0 saturated heterocycles. The molecule has 1 aliphatic rings. The van der Waals surface area contributed by atoms with E-state index in [0.717, 1.165) is 24.2 Å². The quantitative estimate of drug-likeness (QED) is 0.420. The van der Waals surface area contributed by atoms with Gasteiger partial charge in [0.15, 0.2) is 18.0 Å². The van der Waals surface area contributed by atoms with Crippen molar-refractivity contribution in [3.8, 4) is 17.6 Å². The number of phenols is 1. The molecule has 2 unspecified atom stereocenters. The van der Waals surface area contributed by atoms with Gasteiger partial charge in [0, 0.05) is 5.56 Å². The number of aromatic hydroxyl groups is 1. The summed E-state index contributed by atoms with van der Waals surface area (Å²) in [5, 5.41) is 19.4. The number of ether oxygens (including phenoxy) is 1. The van der Waals surface area contributed by atoms with Crippen LogP contribution in [0.5, 0.6) is 11.5 Å². The van der Waals surface area contributed by atoms with Crippen molar-refractivity contribution in [2.24, 2.45) is 0 Å². The number of benzene rings is 2. The monoisotopic (exact) mass is 436 g/mol. The summed E-state index contributed by atoms with van der Waals surface area (Å²) in [4.78, 5) is 0. The molecule has 5 heteroatoms. The van der Waals surface area contributed by atoms with Gasteiger partial charge < -0.3 is 38.3 Å². The lowest BCUT2D eigenvalue weighted by molar-refractivity contribution is -0.919. The summed E-state index contributed by atoms with van der Waals surface area (Å²) in [7, 11) is 3.67. The largest absolute Gasteiger partial charge is 1.00 e. The second kappa shape index (κ2) is 7.41. The maximum Gasteiger partial charge on any atom is 0.166 e. The smallest absolute Gasteiger partial charge is 0.166 e. The number of likely N-dealkylation sites (N-methyl/N-ethyl adjacent to an activating group) is 1. The number of halogens is 1. The topological polar surface area (TPSA) is 53.2 Å². The van der Waals surface area contributed by atoms with E-state index in [4.69, 9.17) is 4.74 Å². The number of phenolic OH excluding ortho intramolecular Hbond substituents is 1. The van der Waals surface area contributed by atoms with Gasteiger partial charge in [0.2, 0.25) is 0 Å². The molecular weight excluding hydrogens is 415 g/mol. The molecule has 0 bridgehead atoms. The van der Waals surface area contributed by atoms with E-state index in [-0.39, 0.29) is 35.6 Å². The minimum atomic E-state index is 0. The van der Waals surface area contributed by atoms with E-state index in [1.807, 2.05) is 30.3 Å². The van der Waals surface area contributed by atoms with E-state index >= 15 is 0 Å². The molecular formula is C19H21IN2O2. The fraction of sp³-hybridized carbons (Fsp3) is 0.316. The van der Waals surface area contributed by atoms with E-state index in [9.17, 15) is 10.4 Å². The summed E-state index contributed by atoms with van der Waals surface area (Å²) in [6.45, 7) is 2.07. The van der Waals surface area contributed by atoms with Crippen molar-refractivity contribution in [3.63, 3.8) is 0 Å². The van der Waals surface area contributed by atoms with Crippen LogP contribution in [0.4, 0.5) is 0 Å². The Hall–Kier alpha value is -1.78. The molecule has 1 heterocycles. The first-order valence-electron chi connectivity index (χ1n) is 7.71. The number of methoxy groups -OCH3 is 1. The number of fused-ring (bicyclic) bond motifs is 1. The van der Waals surface area contributed by atoms with Crippen molar-refractivity contribution in [1.29, 1.82) is 5.26 Å². The Morgan fingerprint density at radius 3 is 2.62 bits per heavy atom. The number of nitriles is 1. The molecule has 126 valence electrons. The first kappa shape index (κ1) is 18.6. The number of quaternary nitrogens is 1. The summed E-state index contributed by atoms with van der Waals surface area (Å²) >= 11 is 0. The SMILES string of the molecule is COc1cc2c(cc1O)C(c1ccccc1)C[N+](C)(CC#N)C2.[I-]. The first-order valence-corrected chi connectivity index (χ1v) is 7.71. The average Bonchev–Trinajstić information content (AvgIpc) is 2.55. The Balaban J connectivity index is 0.00000208. The molecule has 2 aromatic carbocycles. The predicted octanol–water partition coefficient (Wildman–Crippen LogP) is 0.0205. The molecule has 1 aliphatic heterocycles. The van der Waals surface area contributed by atoms with Gasteiger partial charge in [-0.15, -0.1) is 0 Å². The zero-order valence-corrected chi connectivity index (χ0v) is 16.0. The molecule has 1 N–H and O–H groups in total. The van der Waals surface area contributed by atoms with E-state index < -0.39 is 0 Å². The maximum absolute atomic E-state index is 10.2. The van der Waals surface area contributed by atoms with Gasteiger partial charge in [-0.1, -0.05) is 30.3 Å². The molecule has 3 rings (SSSR count). The van der Waals surface area contributed by atoms with Crippen molar-refractivity contribution >= 4 is 0 Å². The van der Waals surface area contributed by atoms with Crippen LogP contribution in [-0.4, -0.2) is 36.8 Å². The van der Waals surface area contributed by atoms with Crippen LogP contribution in [-0.2, 0) is 6.54 Å². The van der Waals surface area contributed by atoms with Crippen molar-refractivity contribution < 1.29 is 38.3 Å². The van der Waals surface area contributed by atoms with Crippen LogP contribution >= 0.6 is 0 Å². The standard InChI is InChI=1S/C19H20N2O2.HI/c1-21(9-8-20)12-15-10-19(23-2)18(22)11-16(15)17(13-21)14-6-4-3-5-7-14;/h3-7,10-11,17H,9,12-13H2,1-2H3;1H. The molecule has 0 aromatic heterocycles. The highest BCUT2D eigenvalue weighted by Crippen LogP contribution is 2.41. The maximum atomic E-state index is 10.2. The van der Waals surface area contributed by atoms with Crippen LogP contribution < -0.4 is 28.7 Å². The van der Waals surface area contributed by atoms with Crippen molar-refractivity contribution in [3.05, 3.63) is 59.2 Å². The van der Waals surface area contributed by atoms with E-state index in [1.54, 1.807) is 7.11 Å². The Bertz CT molecular complexity index is 758. The number of rotatable bonds is 3. The fourth-order valence-electron chi connectivity index (χ4n) is 3.53. The second-order valence-corrected chi connectivity index (χ2v) is 6.46. The third-order valence-corrected chi connectivity index (χ3v) is 4.65. The summed E-state index contributed by atoms with van der Waals surface area (Å²) in [6, 6.07) is 16.3. The van der Waals surface area contributed by atoms with Crippen molar-refractivity contribution in [2.45, 2.75) is 12.5 Å². The lowest BCUT2D eigenvalue weighted by Crippen LogP contribution is -3.00. The first-order chi connectivity index (χ1) is 11.1. The molecule has 24 heavy (non-hydrogen) atoms. The average molecular weight is 436 g/mol. The van der Waals surface area contributed by atoms with Crippen LogP contribution in [0.1, 0.15) is 22.6 Å². The van der Waals surface area contributed by atoms with Gasteiger partial charge in [0.25, 0.3) is 0 Å². The van der Waals surface area contributed by atoms with Gasteiger partial charge in [0.1, 0.15) is 12.6 Å². The highest BCUT2D eigenvalue weighted by atomic mass is 127.